The lowest BCUT2D eigenvalue weighted by Crippen LogP contribution is -2.40. The molecule has 0 spiro atoms. The first-order valence-corrected chi connectivity index (χ1v) is 5.93. The van der Waals surface area contributed by atoms with E-state index in [0.29, 0.717) is 17.7 Å². The molecule has 0 aliphatic carbocycles. The fourth-order valence-electron chi connectivity index (χ4n) is 1.61. The largest absolute Gasteiger partial charge is 0.481 e. The fraction of sp³-hybridized carbons (Fsp3) is 0.583. The third-order valence-corrected chi connectivity index (χ3v) is 2.98. The van der Waals surface area contributed by atoms with Crippen LogP contribution < -0.4 is 5.32 Å². The maximum atomic E-state index is 12.0. The lowest BCUT2D eigenvalue weighted by atomic mass is 10.0. The molecule has 0 bridgehead atoms. The van der Waals surface area contributed by atoms with E-state index in [1.807, 2.05) is 6.92 Å². The molecule has 6 nitrogen and oxygen atoms in total. The summed E-state index contributed by atoms with van der Waals surface area (Å²) < 4.78 is 1.58. The Labute approximate surface area is 106 Å². The van der Waals surface area contributed by atoms with Gasteiger partial charge in [-0.2, -0.15) is 5.10 Å². The molecule has 1 aromatic heterocycles. The van der Waals surface area contributed by atoms with Crippen molar-refractivity contribution in [3.8, 4) is 0 Å². The van der Waals surface area contributed by atoms with E-state index in [1.165, 1.54) is 0 Å². The van der Waals surface area contributed by atoms with Crippen LogP contribution in [0.15, 0.2) is 6.20 Å². The van der Waals surface area contributed by atoms with Crippen LogP contribution in [-0.4, -0.2) is 32.8 Å². The number of aromatic nitrogens is 2. The number of carboxylic acid groups (broad SMARTS) is 1. The minimum absolute atomic E-state index is 0.277. The Bertz CT molecular complexity index is 453. The monoisotopic (exact) mass is 253 g/mol. The van der Waals surface area contributed by atoms with E-state index in [9.17, 15) is 9.59 Å². The highest BCUT2D eigenvalue weighted by Gasteiger charge is 2.23. The minimum Gasteiger partial charge on any atom is -0.481 e. The standard InChI is InChI=1S/C12H19N3O3/c1-5-10-9(6-15(4)14-10)11(16)13-8(3)7(2)12(17)18/h6-8H,5H2,1-4H3,(H,13,16)(H,17,18). The quantitative estimate of drug-likeness (QED) is 0.813. The van der Waals surface area contributed by atoms with Gasteiger partial charge >= 0.3 is 5.97 Å². The zero-order chi connectivity index (χ0) is 13.9. The number of amides is 1. The third kappa shape index (κ3) is 3.09. The average Bonchev–Trinajstić information content (AvgIpc) is 2.69. The molecule has 6 heteroatoms. The molecule has 1 heterocycles. The van der Waals surface area contributed by atoms with Crippen molar-refractivity contribution < 1.29 is 14.7 Å². The van der Waals surface area contributed by atoms with Gasteiger partial charge in [-0.05, 0) is 20.3 Å². The number of aliphatic carboxylic acids is 1. The van der Waals surface area contributed by atoms with Crippen LogP contribution in [0, 0.1) is 5.92 Å². The highest BCUT2D eigenvalue weighted by Crippen LogP contribution is 2.09. The zero-order valence-corrected chi connectivity index (χ0v) is 11.1. The second-order valence-electron chi connectivity index (χ2n) is 4.41. The van der Waals surface area contributed by atoms with Crippen LogP contribution in [0.2, 0.25) is 0 Å². The van der Waals surface area contributed by atoms with Gasteiger partial charge < -0.3 is 10.4 Å². The molecule has 0 aliphatic heterocycles. The molecule has 0 fully saturated rings. The Morgan fingerprint density at radius 3 is 2.61 bits per heavy atom. The Balaban J connectivity index is 2.79. The van der Waals surface area contributed by atoms with E-state index in [-0.39, 0.29) is 5.91 Å². The van der Waals surface area contributed by atoms with E-state index in [0.717, 1.165) is 0 Å². The van der Waals surface area contributed by atoms with Crippen molar-refractivity contribution in [3.05, 3.63) is 17.5 Å². The van der Waals surface area contributed by atoms with Crippen LogP contribution in [0.1, 0.15) is 36.8 Å². The Morgan fingerprint density at radius 1 is 1.50 bits per heavy atom. The van der Waals surface area contributed by atoms with Gasteiger partial charge in [-0.15, -0.1) is 0 Å². The molecule has 1 rings (SSSR count). The Hall–Kier alpha value is -1.85. The van der Waals surface area contributed by atoms with E-state index in [2.05, 4.69) is 10.4 Å². The van der Waals surface area contributed by atoms with Crippen LogP contribution in [-0.2, 0) is 18.3 Å². The van der Waals surface area contributed by atoms with Gasteiger partial charge in [-0.1, -0.05) is 6.92 Å². The van der Waals surface area contributed by atoms with E-state index in [1.54, 1.807) is 31.8 Å². The highest BCUT2D eigenvalue weighted by atomic mass is 16.4. The Morgan fingerprint density at radius 2 is 2.11 bits per heavy atom. The number of carboxylic acids is 1. The number of nitrogens with zero attached hydrogens (tertiary/aromatic N) is 2. The molecule has 0 saturated heterocycles. The average molecular weight is 253 g/mol. The minimum atomic E-state index is -0.926. The van der Waals surface area contributed by atoms with Crippen LogP contribution in [0.3, 0.4) is 0 Å². The number of nitrogens with one attached hydrogen (secondary N) is 1. The van der Waals surface area contributed by atoms with Crippen LogP contribution in [0.4, 0.5) is 0 Å². The highest BCUT2D eigenvalue weighted by molar-refractivity contribution is 5.95. The van der Waals surface area contributed by atoms with Gasteiger partial charge in [0.2, 0.25) is 0 Å². The molecule has 2 atom stereocenters. The van der Waals surface area contributed by atoms with Gasteiger partial charge in [0.05, 0.1) is 17.2 Å². The number of hydrogen-bond acceptors (Lipinski definition) is 3. The molecular formula is C12H19N3O3. The van der Waals surface area contributed by atoms with Crippen molar-refractivity contribution in [1.29, 1.82) is 0 Å². The van der Waals surface area contributed by atoms with Crippen LogP contribution in [0.5, 0.6) is 0 Å². The summed E-state index contributed by atoms with van der Waals surface area (Å²) in [4.78, 5) is 22.8. The van der Waals surface area contributed by atoms with E-state index < -0.39 is 17.9 Å². The summed E-state index contributed by atoms with van der Waals surface area (Å²) >= 11 is 0. The number of hydrogen-bond donors (Lipinski definition) is 2. The first-order chi connectivity index (χ1) is 8.36. The van der Waals surface area contributed by atoms with Crippen LogP contribution in [0.25, 0.3) is 0 Å². The smallest absolute Gasteiger partial charge is 0.308 e. The summed E-state index contributed by atoms with van der Waals surface area (Å²) in [6.45, 7) is 5.17. The molecule has 0 aromatic carbocycles. The van der Waals surface area contributed by atoms with Crippen LogP contribution >= 0.6 is 0 Å². The molecule has 1 aromatic rings. The molecule has 1 amide bonds. The van der Waals surface area contributed by atoms with Gasteiger partial charge in [0.15, 0.2) is 0 Å². The predicted molar refractivity (Wildman–Crippen MR) is 66.3 cm³/mol. The maximum Gasteiger partial charge on any atom is 0.308 e. The van der Waals surface area contributed by atoms with Crippen molar-refractivity contribution in [2.75, 3.05) is 0 Å². The number of rotatable bonds is 5. The predicted octanol–water partition coefficient (Wildman–Crippen LogP) is 0.821. The number of aryl methyl sites for hydroxylation is 2. The fourth-order valence-corrected chi connectivity index (χ4v) is 1.61. The molecular weight excluding hydrogens is 234 g/mol. The maximum absolute atomic E-state index is 12.0. The third-order valence-electron chi connectivity index (χ3n) is 2.98. The summed E-state index contributed by atoms with van der Waals surface area (Å²) in [5, 5.41) is 15.7. The van der Waals surface area contributed by atoms with E-state index >= 15 is 0 Å². The topological polar surface area (TPSA) is 84.2 Å². The van der Waals surface area contributed by atoms with Gasteiger partial charge in [0, 0.05) is 19.3 Å². The zero-order valence-electron chi connectivity index (χ0n) is 11.1. The molecule has 2 N–H and O–H groups in total. The SMILES string of the molecule is CCc1nn(C)cc1C(=O)NC(C)C(C)C(=O)O. The normalized spacial score (nSPS) is 14.0. The summed E-state index contributed by atoms with van der Waals surface area (Å²) in [6, 6.07) is -0.431. The van der Waals surface area contributed by atoms with Gasteiger partial charge in [0.25, 0.3) is 5.91 Å². The van der Waals surface area contributed by atoms with Crippen molar-refractivity contribution in [2.24, 2.45) is 13.0 Å². The van der Waals surface area contributed by atoms with Gasteiger partial charge in [-0.25, -0.2) is 0 Å². The number of carbonyl (C=O) groups is 2. The molecule has 100 valence electrons. The van der Waals surface area contributed by atoms with Gasteiger partial charge in [-0.3, -0.25) is 14.3 Å². The first kappa shape index (κ1) is 14.2. The summed E-state index contributed by atoms with van der Waals surface area (Å²) in [6.07, 6.45) is 2.30. The molecule has 0 radical (unpaired) electrons. The molecule has 0 saturated carbocycles. The summed E-state index contributed by atoms with van der Waals surface area (Å²) in [5.74, 6) is -1.83. The summed E-state index contributed by atoms with van der Waals surface area (Å²) in [5.41, 5.74) is 1.22. The van der Waals surface area contributed by atoms with Crippen molar-refractivity contribution in [2.45, 2.75) is 33.2 Å². The second-order valence-corrected chi connectivity index (χ2v) is 4.41. The second kappa shape index (κ2) is 5.66. The lowest BCUT2D eigenvalue weighted by molar-refractivity contribution is -0.141. The molecule has 2 unspecified atom stereocenters. The number of carbonyl (C=O) groups excluding carboxylic acids is 1. The van der Waals surface area contributed by atoms with Gasteiger partial charge in [0.1, 0.15) is 0 Å². The van der Waals surface area contributed by atoms with Crippen molar-refractivity contribution in [1.82, 2.24) is 15.1 Å². The lowest BCUT2D eigenvalue weighted by Gasteiger charge is -2.17. The van der Waals surface area contributed by atoms with Crippen molar-refractivity contribution in [3.63, 3.8) is 0 Å². The first-order valence-electron chi connectivity index (χ1n) is 5.93. The summed E-state index contributed by atoms with van der Waals surface area (Å²) in [7, 11) is 1.75. The molecule has 18 heavy (non-hydrogen) atoms. The molecule has 0 aliphatic rings. The van der Waals surface area contributed by atoms with E-state index in [4.69, 9.17) is 5.11 Å². The van der Waals surface area contributed by atoms with Crippen molar-refractivity contribution >= 4 is 11.9 Å². The Kier molecular flexibility index (Phi) is 4.47.